The van der Waals surface area contributed by atoms with E-state index in [1.807, 2.05) is 13.0 Å². The highest BCUT2D eigenvalue weighted by molar-refractivity contribution is 5.29. The van der Waals surface area contributed by atoms with E-state index in [0.29, 0.717) is 5.69 Å². The van der Waals surface area contributed by atoms with Gasteiger partial charge in [0.25, 0.3) is 0 Å². The molecule has 0 saturated carbocycles. The number of aliphatic hydroxyl groups is 1. The maximum Gasteiger partial charge on any atom is 0.140 e. The summed E-state index contributed by atoms with van der Waals surface area (Å²) in [6, 6.07) is 3.58. The second-order valence-electron chi connectivity index (χ2n) is 3.54. The van der Waals surface area contributed by atoms with Gasteiger partial charge < -0.3 is 9.84 Å². The standard InChI is InChI=1S/C10H15NO2/c1-7-8(13-4)5-6-9(11-7)10(2,3)12/h5-6,12H,1-4H3. The highest BCUT2D eigenvalue weighted by Gasteiger charge is 2.18. The molecule has 0 aliphatic rings. The van der Waals surface area contributed by atoms with Gasteiger partial charge in [0.1, 0.15) is 11.4 Å². The van der Waals surface area contributed by atoms with Crippen molar-refractivity contribution >= 4 is 0 Å². The minimum atomic E-state index is -0.892. The van der Waals surface area contributed by atoms with Crippen LogP contribution < -0.4 is 4.74 Å². The lowest BCUT2D eigenvalue weighted by molar-refractivity contribution is 0.0736. The second-order valence-corrected chi connectivity index (χ2v) is 3.54. The molecular weight excluding hydrogens is 166 g/mol. The number of ether oxygens (including phenoxy) is 1. The molecule has 72 valence electrons. The first-order chi connectivity index (χ1) is 5.95. The Morgan fingerprint density at radius 3 is 2.38 bits per heavy atom. The molecule has 0 amide bonds. The van der Waals surface area contributed by atoms with Gasteiger partial charge in [-0.1, -0.05) is 0 Å². The van der Waals surface area contributed by atoms with Gasteiger partial charge in [-0.05, 0) is 32.9 Å². The van der Waals surface area contributed by atoms with Crippen molar-refractivity contribution in [3.8, 4) is 5.75 Å². The first-order valence-corrected chi connectivity index (χ1v) is 4.19. The maximum atomic E-state index is 9.67. The van der Waals surface area contributed by atoms with Gasteiger partial charge in [-0.15, -0.1) is 0 Å². The van der Waals surface area contributed by atoms with Crippen LogP contribution in [0.4, 0.5) is 0 Å². The van der Waals surface area contributed by atoms with E-state index in [2.05, 4.69) is 4.98 Å². The number of nitrogens with zero attached hydrogens (tertiary/aromatic N) is 1. The summed E-state index contributed by atoms with van der Waals surface area (Å²) in [6.45, 7) is 5.27. The average molecular weight is 181 g/mol. The molecule has 0 radical (unpaired) electrons. The first-order valence-electron chi connectivity index (χ1n) is 4.19. The molecular formula is C10H15NO2. The minimum Gasteiger partial charge on any atom is -0.495 e. The monoisotopic (exact) mass is 181 g/mol. The maximum absolute atomic E-state index is 9.67. The number of hydrogen-bond acceptors (Lipinski definition) is 3. The number of hydrogen-bond donors (Lipinski definition) is 1. The third kappa shape index (κ3) is 2.18. The van der Waals surface area contributed by atoms with E-state index in [9.17, 15) is 5.11 Å². The lowest BCUT2D eigenvalue weighted by atomic mass is 10.0. The van der Waals surface area contributed by atoms with Crippen LogP contribution in [0, 0.1) is 6.92 Å². The Morgan fingerprint density at radius 1 is 1.38 bits per heavy atom. The van der Waals surface area contributed by atoms with Gasteiger partial charge in [-0.2, -0.15) is 0 Å². The Balaban J connectivity index is 3.10. The lowest BCUT2D eigenvalue weighted by Crippen LogP contribution is -2.17. The fourth-order valence-electron chi connectivity index (χ4n) is 1.10. The predicted molar refractivity (Wildman–Crippen MR) is 50.8 cm³/mol. The van der Waals surface area contributed by atoms with Crippen LogP contribution in [0.1, 0.15) is 25.2 Å². The van der Waals surface area contributed by atoms with Crippen molar-refractivity contribution in [1.82, 2.24) is 4.98 Å². The Kier molecular flexibility index (Phi) is 2.57. The smallest absolute Gasteiger partial charge is 0.140 e. The fraction of sp³-hybridized carbons (Fsp3) is 0.500. The van der Waals surface area contributed by atoms with Gasteiger partial charge in [0.2, 0.25) is 0 Å². The molecule has 13 heavy (non-hydrogen) atoms. The summed E-state index contributed by atoms with van der Waals surface area (Å²) in [6.07, 6.45) is 0. The number of rotatable bonds is 2. The number of aromatic nitrogens is 1. The van der Waals surface area contributed by atoms with Gasteiger partial charge in [-0.25, -0.2) is 0 Å². The van der Waals surface area contributed by atoms with Crippen molar-refractivity contribution in [3.05, 3.63) is 23.5 Å². The van der Waals surface area contributed by atoms with Gasteiger partial charge in [0.05, 0.1) is 18.5 Å². The molecule has 3 heteroatoms. The van der Waals surface area contributed by atoms with Crippen LogP contribution in [-0.2, 0) is 5.60 Å². The third-order valence-corrected chi connectivity index (χ3v) is 1.88. The van der Waals surface area contributed by atoms with Crippen LogP contribution in [-0.4, -0.2) is 17.2 Å². The highest BCUT2D eigenvalue weighted by atomic mass is 16.5. The number of aryl methyl sites for hydroxylation is 1. The van der Waals surface area contributed by atoms with Crippen molar-refractivity contribution in [2.75, 3.05) is 7.11 Å². The molecule has 1 heterocycles. The molecule has 0 fully saturated rings. The molecule has 0 spiro atoms. The summed E-state index contributed by atoms with van der Waals surface area (Å²) < 4.78 is 5.07. The van der Waals surface area contributed by atoms with E-state index >= 15 is 0 Å². The van der Waals surface area contributed by atoms with Crippen molar-refractivity contribution in [1.29, 1.82) is 0 Å². The molecule has 1 N–H and O–H groups in total. The zero-order valence-electron chi connectivity index (χ0n) is 8.46. The molecule has 0 aromatic carbocycles. The second kappa shape index (κ2) is 3.34. The molecule has 0 bridgehead atoms. The SMILES string of the molecule is COc1ccc(C(C)(C)O)nc1C. The van der Waals surface area contributed by atoms with E-state index in [0.717, 1.165) is 11.4 Å². The van der Waals surface area contributed by atoms with E-state index in [4.69, 9.17) is 4.74 Å². The summed E-state index contributed by atoms with van der Waals surface area (Å²) in [7, 11) is 1.60. The van der Waals surface area contributed by atoms with Crippen LogP contribution in [0.2, 0.25) is 0 Å². The Labute approximate surface area is 78.4 Å². The highest BCUT2D eigenvalue weighted by Crippen LogP contribution is 2.22. The molecule has 0 saturated heterocycles. The Morgan fingerprint density at radius 2 is 2.00 bits per heavy atom. The van der Waals surface area contributed by atoms with Crippen LogP contribution in [0.15, 0.2) is 12.1 Å². The molecule has 1 aromatic rings. The molecule has 1 aromatic heterocycles. The predicted octanol–water partition coefficient (Wildman–Crippen LogP) is 1.63. The normalized spacial score (nSPS) is 11.5. The first kappa shape index (κ1) is 9.99. The zero-order chi connectivity index (χ0) is 10.1. The zero-order valence-corrected chi connectivity index (χ0v) is 8.46. The van der Waals surface area contributed by atoms with Crippen LogP contribution in [0.3, 0.4) is 0 Å². The third-order valence-electron chi connectivity index (χ3n) is 1.88. The van der Waals surface area contributed by atoms with E-state index < -0.39 is 5.60 Å². The summed E-state index contributed by atoms with van der Waals surface area (Å²) in [5, 5.41) is 9.67. The lowest BCUT2D eigenvalue weighted by Gasteiger charge is -2.17. The number of methoxy groups -OCH3 is 1. The minimum absolute atomic E-state index is 0.658. The van der Waals surface area contributed by atoms with Gasteiger partial charge in [0, 0.05) is 0 Å². The quantitative estimate of drug-likeness (QED) is 0.754. The fourth-order valence-corrected chi connectivity index (χ4v) is 1.10. The largest absolute Gasteiger partial charge is 0.495 e. The van der Waals surface area contributed by atoms with Crippen LogP contribution in [0.25, 0.3) is 0 Å². The van der Waals surface area contributed by atoms with Crippen molar-refractivity contribution in [2.45, 2.75) is 26.4 Å². The Bertz CT molecular complexity index is 302. The number of pyridine rings is 1. The van der Waals surface area contributed by atoms with Gasteiger partial charge in [0.15, 0.2) is 0 Å². The molecule has 0 aliphatic carbocycles. The van der Waals surface area contributed by atoms with Crippen molar-refractivity contribution in [3.63, 3.8) is 0 Å². The topological polar surface area (TPSA) is 42.4 Å². The summed E-state index contributed by atoms with van der Waals surface area (Å²) in [5.74, 6) is 0.744. The van der Waals surface area contributed by atoms with E-state index in [1.54, 1.807) is 27.0 Å². The summed E-state index contributed by atoms with van der Waals surface area (Å²) in [5.41, 5.74) is 0.560. The van der Waals surface area contributed by atoms with Crippen molar-refractivity contribution < 1.29 is 9.84 Å². The molecule has 0 atom stereocenters. The van der Waals surface area contributed by atoms with E-state index in [1.165, 1.54) is 0 Å². The Hall–Kier alpha value is -1.09. The summed E-state index contributed by atoms with van der Waals surface area (Å²) >= 11 is 0. The molecule has 0 aliphatic heterocycles. The molecule has 0 unspecified atom stereocenters. The average Bonchev–Trinajstić information content (AvgIpc) is 2.02. The molecule has 1 rings (SSSR count). The van der Waals surface area contributed by atoms with Gasteiger partial charge in [-0.3, -0.25) is 4.98 Å². The molecule has 3 nitrogen and oxygen atoms in total. The summed E-state index contributed by atoms with van der Waals surface area (Å²) in [4.78, 5) is 4.24. The van der Waals surface area contributed by atoms with E-state index in [-0.39, 0.29) is 0 Å². The van der Waals surface area contributed by atoms with Crippen molar-refractivity contribution in [2.24, 2.45) is 0 Å². The van der Waals surface area contributed by atoms with Gasteiger partial charge >= 0.3 is 0 Å². The van der Waals surface area contributed by atoms with Crippen LogP contribution >= 0.6 is 0 Å². The van der Waals surface area contributed by atoms with Crippen LogP contribution in [0.5, 0.6) is 5.75 Å².